The molecule has 1 unspecified atom stereocenters. The van der Waals surface area contributed by atoms with Gasteiger partial charge in [-0.2, -0.15) is 0 Å². The van der Waals surface area contributed by atoms with E-state index in [1.807, 2.05) is 0 Å². The Kier molecular flexibility index (Phi) is 4.62. The summed E-state index contributed by atoms with van der Waals surface area (Å²) in [7, 11) is 0. The Labute approximate surface area is 75.6 Å². The van der Waals surface area contributed by atoms with Crippen LogP contribution in [0.4, 0.5) is 0 Å². The summed E-state index contributed by atoms with van der Waals surface area (Å²) >= 11 is 0. The minimum absolute atomic E-state index is 0.378. The first-order chi connectivity index (χ1) is 5.86. The Hall–Kier alpha value is -0.0800. The molecule has 0 aromatic rings. The van der Waals surface area contributed by atoms with Crippen molar-refractivity contribution in [1.82, 2.24) is 4.90 Å². The molecular weight excluding hydrogens is 150 g/mol. The Balaban J connectivity index is 2.16. The van der Waals surface area contributed by atoms with Crippen LogP contribution in [0.1, 0.15) is 32.6 Å². The zero-order valence-corrected chi connectivity index (χ0v) is 8.13. The number of piperidine rings is 1. The maximum Gasteiger partial charge on any atom is 0.0471 e. The number of aliphatic hydroxyl groups is 1. The minimum Gasteiger partial charge on any atom is -0.396 e. The summed E-state index contributed by atoms with van der Waals surface area (Å²) in [4.78, 5) is 2.49. The third-order valence-electron chi connectivity index (χ3n) is 2.69. The number of hydrogen-bond acceptors (Lipinski definition) is 2. The second kappa shape index (κ2) is 5.55. The van der Waals surface area contributed by atoms with Crippen LogP contribution in [0.25, 0.3) is 0 Å². The summed E-state index contributed by atoms with van der Waals surface area (Å²) in [5, 5.41) is 9.01. The van der Waals surface area contributed by atoms with Crippen molar-refractivity contribution in [1.29, 1.82) is 0 Å². The average molecular weight is 171 g/mol. The molecule has 2 heteroatoms. The molecule has 1 aliphatic rings. The van der Waals surface area contributed by atoms with Gasteiger partial charge in [0.2, 0.25) is 0 Å². The first kappa shape index (κ1) is 10.0. The van der Waals surface area contributed by atoms with Crippen molar-refractivity contribution >= 4 is 0 Å². The van der Waals surface area contributed by atoms with Crippen LogP contribution < -0.4 is 0 Å². The molecule has 0 aromatic carbocycles. The van der Waals surface area contributed by atoms with Gasteiger partial charge >= 0.3 is 0 Å². The fourth-order valence-electron chi connectivity index (χ4n) is 1.89. The Bertz CT molecular complexity index is 116. The number of aliphatic hydroxyl groups excluding tert-OH is 1. The standard InChI is InChI=1S/C10H21NO/c1-2-3-6-11-7-4-5-10(8-11)9-12/h10,12H,2-9H2,1H3. The zero-order valence-electron chi connectivity index (χ0n) is 8.13. The molecule has 12 heavy (non-hydrogen) atoms. The molecule has 1 rings (SSSR count). The first-order valence-electron chi connectivity index (χ1n) is 5.20. The third kappa shape index (κ3) is 3.11. The van der Waals surface area contributed by atoms with E-state index in [1.165, 1.54) is 38.8 Å². The van der Waals surface area contributed by atoms with Crippen LogP contribution in [0.15, 0.2) is 0 Å². The lowest BCUT2D eigenvalue weighted by Crippen LogP contribution is -2.37. The first-order valence-corrected chi connectivity index (χ1v) is 5.20. The van der Waals surface area contributed by atoms with Gasteiger partial charge in [0.15, 0.2) is 0 Å². The molecule has 0 amide bonds. The summed E-state index contributed by atoms with van der Waals surface area (Å²) in [6.07, 6.45) is 5.08. The predicted octanol–water partition coefficient (Wildman–Crippen LogP) is 1.49. The van der Waals surface area contributed by atoms with Crippen molar-refractivity contribution in [3.63, 3.8) is 0 Å². The topological polar surface area (TPSA) is 23.5 Å². The van der Waals surface area contributed by atoms with Gasteiger partial charge in [-0.05, 0) is 38.3 Å². The molecule has 1 saturated heterocycles. The number of nitrogens with zero attached hydrogens (tertiary/aromatic N) is 1. The number of rotatable bonds is 4. The molecule has 0 radical (unpaired) electrons. The van der Waals surface area contributed by atoms with E-state index in [-0.39, 0.29) is 0 Å². The van der Waals surface area contributed by atoms with Gasteiger partial charge in [-0.1, -0.05) is 13.3 Å². The molecule has 1 atom stereocenters. The summed E-state index contributed by atoms with van der Waals surface area (Å²) in [5.41, 5.74) is 0. The zero-order chi connectivity index (χ0) is 8.81. The quantitative estimate of drug-likeness (QED) is 0.692. The van der Waals surface area contributed by atoms with E-state index in [4.69, 9.17) is 5.11 Å². The maximum absolute atomic E-state index is 9.01. The monoisotopic (exact) mass is 171 g/mol. The molecule has 72 valence electrons. The van der Waals surface area contributed by atoms with Crippen molar-refractivity contribution < 1.29 is 5.11 Å². The van der Waals surface area contributed by atoms with Crippen LogP contribution in [-0.2, 0) is 0 Å². The normalized spacial score (nSPS) is 26.0. The Morgan fingerprint density at radius 1 is 1.50 bits per heavy atom. The third-order valence-corrected chi connectivity index (χ3v) is 2.69. The van der Waals surface area contributed by atoms with Gasteiger partial charge in [0.05, 0.1) is 0 Å². The van der Waals surface area contributed by atoms with Gasteiger partial charge in [-0.15, -0.1) is 0 Å². The molecule has 1 N–H and O–H groups in total. The van der Waals surface area contributed by atoms with E-state index >= 15 is 0 Å². The number of unbranched alkanes of at least 4 members (excludes halogenated alkanes) is 1. The maximum atomic E-state index is 9.01. The summed E-state index contributed by atoms with van der Waals surface area (Å²) in [6, 6.07) is 0. The van der Waals surface area contributed by atoms with Crippen LogP contribution >= 0.6 is 0 Å². The van der Waals surface area contributed by atoms with Gasteiger partial charge in [0, 0.05) is 13.2 Å². The summed E-state index contributed by atoms with van der Waals surface area (Å²) in [6.45, 7) is 6.20. The van der Waals surface area contributed by atoms with Crippen molar-refractivity contribution in [2.24, 2.45) is 5.92 Å². The van der Waals surface area contributed by atoms with Gasteiger partial charge in [-0.25, -0.2) is 0 Å². The van der Waals surface area contributed by atoms with E-state index in [2.05, 4.69) is 11.8 Å². The van der Waals surface area contributed by atoms with E-state index < -0.39 is 0 Å². The Morgan fingerprint density at radius 2 is 2.33 bits per heavy atom. The lowest BCUT2D eigenvalue weighted by molar-refractivity contribution is 0.119. The highest BCUT2D eigenvalue weighted by Gasteiger charge is 2.17. The van der Waals surface area contributed by atoms with E-state index in [1.54, 1.807) is 0 Å². The SMILES string of the molecule is CCCCN1CCCC(CO)C1. The molecule has 1 heterocycles. The molecule has 2 nitrogen and oxygen atoms in total. The molecule has 0 spiro atoms. The molecule has 0 aromatic heterocycles. The van der Waals surface area contributed by atoms with E-state index in [9.17, 15) is 0 Å². The van der Waals surface area contributed by atoms with E-state index in [0.717, 1.165) is 6.54 Å². The van der Waals surface area contributed by atoms with Crippen LogP contribution in [0, 0.1) is 5.92 Å². The van der Waals surface area contributed by atoms with Crippen molar-refractivity contribution in [3.8, 4) is 0 Å². The fraction of sp³-hybridized carbons (Fsp3) is 1.00. The number of hydrogen-bond donors (Lipinski definition) is 1. The van der Waals surface area contributed by atoms with Crippen LogP contribution in [0.2, 0.25) is 0 Å². The van der Waals surface area contributed by atoms with Crippen molar-refractivity contribution in [2.75, 3.05) is 26.2 Å². The average Bonchev–Trinajstić information content (AvgIpc) is 2.15. The fourth-order valence-corrected chi connectivity index (χ4v) is 1.89. The van der Waals surface area contributed by atoms with Crippen LogP contribution in [0.5, 0.6) is 0 Å². The second-order valence-electron chi connectivity index (χ2n) is 3.84. The Morgan fingerprint density at radius 3 is 3.00 bits per heavy atom. The van der Waals surface area contributed by atoms with Crippen molar-refractivity contribution in [2.45, 2.75) is 32.6 Å². The number of likely N-dealkylation sites (tertiary alicyclic amines) is 1. The highest BCUT2D eigenvalue weighted by molar-refractivity contribution is 4.71. The van der Waals surface area contributed by atoms with Gasteiger partial charge in [0.1, 0.15) is 0 Å². The van der Waals surface area contributed by atoms with Gasteiger partial charge in [-0.3, -0.25) is 0 Å². The summed E-state index contributed by atoms with van der Waals surface area (Å²) in [5.74, 6) is 0.551. The molecule has 1 fully saturated rings. The van der Waals surface area contributed by atoms with Crippen LogP contribution in [-0.4, -0.2) is 36.2 Å². The summed E-state index contributed by atoms with van der Waals surface area (Å²) < 4.78 is 0. The molecule has 1 aliphatic heterocycles. The molecule has 0 saturated carbocycles. The lowest BCUT2D eigenvalue weighted by atomic mass is 9.99. The predicted molar refractivity (Wildman–Crippen MR) is 51.2 cm³/mol. The molecule has 0 aliphatic carbocycles. The van der Waals surface area contributed by atoms with Crippen molar-refractivity contribution in [3.05, 3.63) is 0 Å². The van der Waals surface area contributed by atoms with Crippen LogP contribution in [0.3, 0.4) is 0 Å². The second-order valence-corrected chi connectivity index (χ2v) is 3.84. The smallest absolute Gasteiger partial charge is 0.0471 e. The van der Waals surface area contributed by atoms with E-state index in [0.29, 0.717) is 12.5 Å². The minimum atomic E-state index is 0.378. The molecular formula is C10H21NO. The largest absolute Gasteiger partial charge is 0.396 e. The lowest BCUT2D eigenvalue weighted by Gasteiger charge is -2.31. The van der Waals surface area contributed by atoms with Gasteiger partial charge < -0.3 is 10.0 Å². The highest BCUT2D eigenvalue weighted by Crippen LogP contribution is 2.15. The highest BCUT2D eigenvalue weighted by atomic mass is 16.3. The molecule has 0 bridgehead atoms. The van der Waals surface area contributed by atoms with Gasteiger partial charge in [0.25, 0.3) is 0 Å².